The van der Waals surface area contributed by atoms with Crippen LogP contribution in [0.1, 0.15) is 5.56 Å². The van der Waals surface area contributed by atoms with Crippen LogP contribution in [-0.2, 0) is 19.9 Å². The van der Waals surface area contributed by atoms with E-state index >= 15 is 0 Å². The number of hydrogen-bond donors (Lipinski definition) is 4. The molecule has 1 aromatic heterocycles. The molecule has 0 radical (unpaired) electrons. The fourth-order valence-electron chi connectivity index (χ4n) is 1.66. The number of nitrogens with zero attached hydrogens (tertiary/aromatic N) is 1. The highest BCUT2D eigenvalue weighted by molar-refractivity contribution is 7.51. The quantitative estimate of drug-likeness (QED) is 0.387. The summed E-state index contributed by atoms with van der Waals surface area (Å²) < 4.78 is 21.2. The third-order valence-corrected chi connectivity index (χ3v) is 3.12. The van der Waals surface area contributed by atoms with Gasteiger partial charge < -0.3 is 19.6 Å². The summed E-state index contributed by atoms with van der Waals surface area (Å²) in [6.45, 7) is 1.43. The maximum atomic E-state index is 11.7. The minimum absolute atomic E-state index is 0.166. The molecule has 11 heteroatoms. The number of aliphatic hydroxyl groups is 1. The standard InChI is InChI=1S/C10H13N2O8P/c1-6-4-12(9(14)11-8(6)13)10(15)3-2-7(20-10)19-5-21(16,17)18/h2-4,7,15H,5H2,1H3,(H,11,13,14)(H2,16,17,18)/t7?,10-/m1/s1. The minimum Gasteiger partial charge on any atom is -0.345 e. The number of nitrogens with one attached hydrogen (secondary N) is 1. The van der Waals surface area contributed by atoms with Crippen LogP contribution < -0.4 is 11.2 Å². The Morgan fingerprint density at radius 3 is 2.81 bits per heavy atom. The van der Waals surface area contributed by atoms with Crippen molar-refractivity contribution in [2.75, 3.05) is 6.35 Å². The van der Waals surface area contributed by atoms with Crippen molar-refractivity contribution >= 4 is 7.60 Å². The number of aromatic amines is 1. The highest BCUT2D eigenvalue weighted by Gasteiger charge is 2.37. The van der Waals surface area contributed by atoms with Crippen LogP contribution in [0.4, 0.5) is 0 Å². The lowest BCUT2D eigenvalue weighted by Gasteiger charge is -2.24. The van der Waals surface area contributed by atoms with Gasteiger partial charge in [0.1, 0.15) is 0 Å². The molecule has 0 saturated heterocycles. The Bertz CT molecular complexity index is 731. The Morgan fingerprint density at radius 1 is 1.52 bits per heavy atom. The van der Waals surface area contributed by atoms with Gasteiger partial charge in [-0.15, -0.1) is 0 Å². The monoisotopic (exact) mass is 320 g/mol. The van der Waals surface area contributed by atoms with E-state index in [1.807, 2.05) is 4.98 Å². The molecule has 0 saturated carbocycles. The van der Waals surface area contributed by atoms with Gasteiger partial charge in [-0.1, -0.05) is 0 Å². The average molecular weight is 320 g/mol. The van der Waals surface area contributed by atoms with E-state index in [-0.39, 0.29) is 5.56 Å². The summed E-state index contributed by atoms with van der Waals surface area (Å²) >= 11 is 0. The molecule has 4 N–H and O–H groups in total. The number of aromatic nitrogens is 2. The summed E-state index contributed by atoms with van der Waals surface area (Å²) in [6.07, 6.45) is 1.19. The van der Waals surface area contributed by atoms with Crippen molar-refractivity contribution in [2.45, 2.75) is 19.1 Å². The third kappa shape index (κ3) is 3.56. The molecule has 2 heterocycles. The number of ether oxygens (including phenoxy) is 2. The van der Waals surface area contributed by atoms with Crippen molar-refractivity contribution in [3.63, 3.8) is 0 Å². The summed E-state index contributed by atoms with van der Waals surface area (Å²) in [5, 5.41) is 10.2. The second-order valence-corrected chi connectivity index (χ2v) is 5.99. The zero-order chi connectivity index (χ0) is 15.8. The van der Waals surface area contributed by atoms with Crippen molar-refractivity contribution in [3.8, 4) is 0 Å². The highest BCUT2D eigenvalue weighted by Crippen LogP contribution is 2.36. The van der Waals surface area contributed by atoms with Crippen molar-refractivity contribution < 1.29 is 28.9 Å². The van der Waals surface area contributed by atoms with Crippen LogP contribution in [0, 0.1) is 6.92 Å². The van der Waals surface area contributed by atoms with E-state index < -0.39 is 37.4 Å². The predicted molar refractivity (Wildman–Crippen MR) is 68.3 cm³/mol. The Balaban J connectivity index is 2.21. The van der Waals surface area contributed by atoms with E-state index in [1.165, 1.54) is 13.0 Å². The molecule has 21 heavy (non-hydrogen) atoms. The number of hydrogen-bond acceptors (Lipinski definition) is 6. The molecule has 0 spiro atoms. The molecule has 0 amide bonds. The molecule has 116 valence electrons. The summed E-state index contributed by atoms with van der Waals surface area (Å²) in [4.78, 5) is 42.3. The minimum atomic E-state index is -4.39. The largest absolute Gasteiger partial charge is 0.351 e. The van der Waals surface area contributed by atoms with Crippen LogP contribution in [0.5, 0.6) is 0 Å². The van der Waals surface area contributed by atoms with Gasteiger partial charge in [0.25, 0.3) is 11.5 Å². The van der Waals surface area contributed by atoms with E-state index in [0.29, 0.717) is 0 Å². The van der Waals surface area contributed by atoms with Crippen LogP contribution in [-0.4, -0.2) is 37.1 Å². The number of H-pyrrole nitrogens is 1. The lowest BCUT2D eigenvalue weighted by Crippen LogP contribution is -2.44. The zero-order valence-electron chi connectivity index (χ0n) is 10.8. The van der Waals surface area contributed by atoms with Gasteiger partial charge in [-0.3, -0.25) is 19.1 Å². The zero-order valence-corrected chi connectivity index (χ0v) is 11.7. The van der Waals surface area contributed by atoms with Gasteiger partial charge in [-0.2, -0.15) is 0 Å². The first kappa shape index (κ1) is 15.8. The molecule has 1 aliphatic heterocycles. The summed E-state index contributed by atoms with van der Waals surface area (Å²) in [5.74, 6) is -2.22. The number of aryl methyl sites for hydroxylation is 1. The predicted octanol–water partition coefficient (Wildman–Crippen LogP) is -1.49. The number of rotatable bonds is 4. The first-order valence-electron chi connectivity index (χ1n) is 5.69. The van der Waals surface area contributed by atoms with Gasteiger partial charge in [0.05, 0.1) is 0 Å². The van der Waals surface area contributed by atoms with Gasteiger partial charge in [0.15, 0.2) is 12.6 Å². The van der Waals surface area contributed by atoms with Gasteiger partial charge in [-0.05, 0) is 19.1 Å². The fraction of sp³-hybridized carbons (Fsp3) is 0.400. The SMILES string of the molecule is Cc1cn([C@@]2(O)C=CC(OCP(=O)(O)O)O2)c(=O)[nH]c1=O. The fourth-order valence-corrected chi connectivity index (χ4v) is 2.00. The topological polar surface area (TPSA) is 151 Å². The van der Waals surface area contributed by atoms with Crippen molar-refractivity contribution in [1.29, 1.82) is 0 Å². The molecule has 2 atom stereocenters. The van der Waals surface area contributed by atoms with Crippen LogP contribution in [0.2, 0.25) is 0 Å². The van der Waals surface area contributed by atoms with Crippen LogP contribution in [0.25, 0.3) is 0 Å². The molecule has 1 unspecified atom stereocenters. The summed E-state index contributed by atoms with van der Waals surface area (Å²) in [7, 11) is -4.39. The van der Waals surface area contributed by atoms with E-state index in [1.54, 1.807) is 0 Å². The van der Waals surface area contributed by atoms with Gasteiger partial charge in [0, 0.05) is 11.8 Å². The Morgan fingerprint density at radius 2 is 2.19 bits per heavy atom. The highest BCUT2D eigenvalue weighted by atomic mass is 31.2. The van der Waals surface area contributed by atoms with Crippen molar-refractivity contribution in [3.05, 3.63) is 44.8 Å². The van der Waals surface area contributed by atoms with Crippen molar-refractivity contribution in [2.24, 2.45) is 0 Å². The molecular weight excluding hydrogens is 307 g/mol. The summed E-state index contributed by atoms with van der Waals surface area (Å²) in [6, 6.07) is 0. The second-order valence-electron chi connectivity index (χ2n) is 4.41. The molecule has 1 aromatic rings. The van der Waals surface area contributed by atoms with Gasteiger partial charge >= 0.3 is 13.3 Å². The lowest BCUT2D eigenvalue weighted by atomic mass is 10.3. The molecule has 0 bridgehead atoms. The maximum absolute atomic E-state index is 11.7. The molecular formula is C10H13N2O8P. The third-order valence-electron chi connectivity index (χ3n) is 2.63. The lowest BCUT2D eigenvalue weighted by molar-refractivity contribution is -0.278. The first-order chi connectivity index (χ1) is 9.61. The van der Waals surface area contributed by atoms with E-state index in [4.69, 9.17) is 19.3 Å². The van der Waals surface area contributed by atoms with E-state index in [0.717, 1.165) is 16.8 Å². The molecule has 0 aliphatic carbocycles. The van der Waals surface area contributed by atoms with Crippen LogP contribution in [0.3, 0.4) is 0 Å². The van der Waals surface area contributed by atoms with Gasteiger partial charge in [-0.25, -0.2) is 9.36 Å². The average Bonchev–Trinajstić information content (AvgIpc) is 2.73. The summed E-state index contributed by atoms with van der Waals surface area (Å²) in [5.41, 5.74) is -1.34. The Kier molecular flexibility index (Phi) is 4.02. The Labute approximate surface area is 117 Å². The Hall–Kier alpha value is -1.55. The normalized spacial score (nSPS) is 25.4. The van der Waals surface area contributed by atoms with Gasteiger partial charge in [0.2, 0.25) is 0 Å². The maximum Gasteiger partial charge on any atom is 0.351 e. The first-order valence-corrected chi connectivity index (χ1v) is 7.49. The second kappa shape index (κ2) is 5.34. The van der Waals surface area contributed by atoms with E-state index in [9.17, 15) is 19.3 Å². The van der Waals surface area contributed by atoms with E-state index in [2.05, 4.69) is 0 Å². The molecule has 0 aromatic carbocycles. The smallest absolute Gasteiger partial charge is 0.345 e. The van der Waals surface area contributed by atoms with Crippen molar-refractivity contribution in [1.82, 2.24) is 9.55 Å². The molecule has 0 fully saturated rings. The molecule has 2 rings (SSSR count). The molecule has 1 aliphatic rings. The van der Waals surface area contributed by atoms with Crippen LogP contribution in [0.15, 0.2) is 27.9 Å². The molecule has 10 nitrogen and oxygen atoms in total. The van der Waals surface area contributed by atoms with Crippen LogP contribution >= 0.6 is 7.60 Å².